The molecule has 3 heterocycles. The van der Waals surface area contributed by atoms with Crippen molar-refractivity contribution >= 4 is 6.03 Å². The zero-order valence-corrected chi connectivity index (χ0v) is 12.6. The van der Waals surface area contributed by atoms with Crippen molar-refractivity contribution in [2.24, 2.45) is 0 Å². The number of pyridine rings is 1. The molecule has 0 radical (unpaired) electrons. The van der Waals surface area contributed by atoms with Crippen LogP contribution in [0.1, 0.15) is 12.2 Å². The normalized spacial score (nSPS) is 20.7. The molecule has 7 nitrogen and oxygen atoms in total. The molecule has 2 aromatic heterocycles. The molecule has 1 aliphatic heterocycles. The number of amides is 2. The molecular formula is C16H19N3O4. The predicted octanol–water partition coefficient (Wildman–Crippen LogP) is 1.71. The number of carbonyl (C=O) groups excluding carboxylic acids is 1. The minimum absolute atomic E-state index is 0.173. The fourth-order valence-corrected chi connectivity index (χ4v) is 2.37. The molecule has 0 unspecified atom stereocenters. The largest absolute Gasteiger partial charge is 0.472 e. The van der Waals surface area contributed by atoms with E-state index in [2.05, 4.69) is 15.6 Å². The van der Waals surface area contributed by atoms with Gasteiger partial charge < -0.3 is 24.5 Å². The zero-order chi connectivity index (χ0) is 15.9. The molecule has 0 bridgehead atoms. The monoisotopic (exact) mass is 317 g/mol. The highest BCUT2D eigenvalue weighted by atomic mass is 16.5. The quantitative estimate of drug-likeness (QED) is 0.877. The van der Waals surface area contributed by atoms with Crippen LogP contribution in [0.2, 0.25) is 0 Å². The van der Waals surface area contributed by atoms with E-state index in [1.165, 1.54) is 0 Å². The summed E-state index contributed by atoms with van der Waals surface area (Å²) in [6, 6.07) is 8.55. The van der Waals surface area contributed by atoms with Crippen molar-refractivity contribution in [2.75, 3.05) is 13.2 Å². The second-order valence-corrected chi connectivity index (χ2v) is 5.20. The van der Waals surface area contributed by atoms with Crippen LogP contribution >= 0.6 is 0 Å². The van der Waals surface area contributed by atoms with E-state index >= 15 is 0 Å². The summed E-state index contributed by atoms with van der Waals surface area (Å²) in [7, 11) is 0. The second kappa shape index (κ2) is 7.64. The van der Waals surface area contributed by atoms with Gasteiger partial charge in [0.1, 0.15) is 11.9 Å². The van der Waals surface area contributed by atoms with Gasteiger partial charge in [0, 0.05) is 18.7 Å². The zero-order valence-electron chi connectivity index (χ0n) is 12.6. The first kappa shape index (κ1) is 15.4. The van der Waals surface area contributed by atoms with Crippen molar-refractivity contribution in [3.8, 4) is 5.88 Å². The molecule has 1 saturated heterocycles. The maximum Gasteiger partial charge on any atom is 0.315 e. The highest BCUT2D eigenvalue weighted by Gasteiger charge is 2.29. The molecule has 2 atom stereocenters. The average Bonchev–Trinajstić information content (AvgIpc) is 3.09. The maximum absolute atomic E-state index is 12.0. The molecule has 2 aromatic rings. The molecule has 122 valence electrons. The van der Waals surface area contributed by atoms with Gasteiger partial charge in [-0.15, -0.1) is 0 Å². The second-order valence-electron chi connectivity index (χ2n) is 5.20. The summed E-state index contributed by atoms with van der Waals surface area (Å²) in [5.74, 6) is 1.24. The molecule has 0 aromatic carbocycles. The Morgan fingerprint density at radius 3 is 3.09 bits per heavy atom. The molecule has 1 fully saturated rings. The summed E-state index contributed by atoms with van der Waals surface area (Å²) >= 11 is 0. The average molecular weight is 317 g/mol. The van der Waals surface area contributed by atoms with Crippen LogP contribution in [0.3, 0.4) is 0 Å². The Balaban J connectivity index is 1.52. The Morgan fingerprint density at radius 1 is 1.35 bits per heavy atom. The lowest BCUT2D eigenvalue weighted by Crippen LogP contribution is -2.54. The van der Waals surface area contributed by atoms with E-state index in [9.17, 15) is 4.79 Å². The van der Waals surface area contributed by atoms with Crippen LogP contribution in [0.4, 0.5) is 4.79 Å². The number of aromatic nitrogens is 1. The Morgan fingerprint density at radius 2 is 2.30 bits per heavy atom. The van der Waals surface area contributed by atoms with Crippen LogP contribution in [0.25, 0.3) is 0 Å². The van der Waals surface area contributed by atoms with E-state index in [0.29, 0.717) is 37.8 Å². The molecule has 3 rings (SSSR count). The SMILES string of the molecule is O=C(NCc1ccco1)N[C@@H]1COCC[C@H]1Oc1ccccn1. The third-order valence-corrected chi connectivity index (χ3v) is 3.52. The lowest BCUT2D eigenvalue weighted by molar-refractivity contribution is -0.00198. The molecule has 0 saturated carbocycles. The number of furan rings is 1. The van der Waals surface area contributed by atoms with Gasteiger partial charge >= 0.3 is 6.03 Å². The van der Waals surface area contributed by atoms with Gasteiger partial charge in [0.25, 0.3) is 0 Å². The van der Waals surface area contributed by atoms with Crippen molar-refractivity contribution < 1.29 is 18.7 Å². The van der Waals surface area contributed by atoms with Crippen molar-refractivity contribution in [3.63, 3.8) is 0 Å². The van der Waals surface area contributed by atoms with Gasteiger partial charge in [-0.3, -0.25) is 0 Å². The van der Waals surface area contributed by atoms with Crippen molar-refractivity contribution in [2.45, 2.75) is 25.1 Å². The van der Waals surface area contributed by atoms with Gasteiger partial charge in [0.05, 0.1) is 32.1 Å². The summed E-state index contributed by atoms with van der Waals surface area (Å²) in [5.41, 5.74) is 0. The van der Waals surface area contributed by atoms with E-state index in [0.717, 1.165) is 0 Å². The first-order chi connectivity index (χ1) is 11.3. The summed E-state index contributed by atoms with van der Waals surface area (Å²) in [5, 5.41) is 5.63. The molecular weight excluding hydrogens is 298 g/mol. The third kappa shape index (κ3) is 4.46. The highest BCUT2D eigenvalue weighted by molar-refractivity contribution is 5.74. The predicted molar refractivity (Wildman–Crippen MR) is 82.0 cm³/mol. The lowest BCUT2D eigenvalue weighted by Gasteiger charge is -2.31. The highest BCUT2D eigenvalue weighted by Crippen LogP contribution is 2.15. The number of rotatable bonds is 5. The maximum atomic E-state index is 12.0. The molecule has 0 aliphatic carbocycles. The Bertz CT molecular complexity index is 603. The number of urea groups is 1. The van der Waals surface area contributed by atoms with Crippen molar-refractivity contribution in [1.29, 1.82) is 0 Å². The van der Waals surface area contributed by atoms with Gasteiger partial charge in [0.15, 0.2) is 0 Å². The fraction of sp³-hybridized carbons (Fsp3) is 0.375. The topological polar surface area (TPSA) is 85.6 Å². The van der Waals surface area contributed by atoms with E-state index in [-0.39, 0.29) is 18.2 Å². The van der Waals surface area contributed by atoms with Crippen LogP contribution in [0, 0.1) is 0 Å². The van der Waals surface area contributed by atoms with Gasteiger partial charge in [-0.1, -0.05) is 6.07 Å². The fourth-order valence-electron chi connectivity index (χ4n) is 2.37. The summed E-state index contributed by atoms with van der Waals surface area (Å²) in [6.07, 6.45) is 3.76. The minimum atomic E-state index is -0.286. The molecule has 1 aliphatic rings. The number of hydrogen-bond acceptors (Lipinski definition) is 5. The summed E-state index contributed by atoms with van der Waals surface area (Å²) in [6.45, 7) is 1.34. The van der Waals surface area contributed by atoms with Crippen LogP contribution < -0.4 is 15.4 Å². The van der Waals surface area contributed by atoms with E-state index in [1.807, 2.05) is 12.1 Å². The third-order valence-electron chi connectivity index (χ3n) is 3.52. The Hall–Kier alpha value is -2.54. The molecule has 2 amide bonds. The summed E-state index contributed by atoms with van der Waals surface area (Å²) in [4.78, 5) is 16.2. The van der Waals surface area contributed by atoms with Gasteiger partial charge in [-0.2, -0.15) is 0 Å². The van der Waals surface area contributed by atoms with Crippen LogP contribution in [0.15, 0.2) is 47.2 Å². The molecule has 2 N–H and O–H groups in total. The molecule has 0 spiro atoms. The minimum Gasteiger partial charge on any atom is -0.472 e. The number of ether oxygens (including phenoxy) is 2. The number of carbonyl (C=O) groups is 1. The number of nitrogens with zero attached hydrogens (tertiary/aromatic N) is 1. The van der Waals surface area contributed by atoms with Gasteiger partial charge in [0.2, 0.25) is 5.88 Å². The standard InChI is InChI=1S/C16H19N3O4/c20-16(18-10-12-4-3-8-22-12)19-13-11-21-9-6-14(13)23-15-5-1-2-7-17-15/h1-5,7-8,13-14H,6,9-11H2,(H2,18,19,20)/t13-,14-/m1/s1. The van der Waals surface area contributed by atoms with E-state index in [4.69, 9.17) is 13.9 Å². The molecule has 7 heteroatoms. The Labute approximate surface area is 134 Å². The van der Waals surface area contributed by atoms with Crippen LogP contribution in [0.5, 0.6) is 5.88 Å². The van der Waals surface area contributed by atoms with Crippen molar-refractivity contribution in [1.82, 2.24) is 15.6 Å². The van der Waals surface area contributed by atoms with Gasteiger partial charge in [-0.25, -0.2) is 9.78 Å². The lowest BCUT2D eigenvalue weighted by atomic mass is 10.1. The van der Waals surface area contributed by atoms with E-state index in [1.54, 1.807) is 30.7 Å². The number of hydrogen-bond donors (Lipinski definition) is 2. The van der Waals surface area contributed by atoms with Crippen molar-refractivity contribution in [3.05, 3.63) is 48.6 Å². The van der Waals surface area contributed by atoms with E-state index < -0.39 is 0 Å². The summed E-state index contributed by atoms with van der Waals surface area (Å²) < 4.78 is 16.5. The Kier molecular flexibility index (Phi) is 5.10. The smallest absolute Gasteiger partial charge is 0.315 e. The number of nitrogens with one attached hydrogen (secondary N) is 2. The first-order valence-electron chi connectivity index (χ1n) is 7.53. The first-order valence-corrected chi connectivity index (χ1v) is 7.53. The van der Waals surface area contributed by atoms with Gasteiger partial charge in [-0.05, 0) is 18.2 Å². The van der Waals surface area contributed by atoms with Crippen LogP contribution in [-0.4, -0.2) is 36.4 Å². The molecule has 23 heavy (non-hydrogen) atoms. The van der Waals surface area contributed by atoms with Crippen LogP contribution in [-0.2, 0) is 11.3 Å².